The summed E-state index contributed by atoms with van der Waals surface area (Å²) in [5.41, 5.74) is 1.74. The van der Waals surface area contributed by atoms with Gasteiger partial charge in [0.05, 0.1) is 12.1 Å². The predicted octanol–water partition coefficient (Wildman–Crippen LogP) is 5.32. The Balaban J connectivity index is 1.95. The van der Waals surface area contributed by atoms with Crippen molar-refractivity contribution in [3.8, 4) is 12.1 Å². The second kappa shape index (κ2) is 7.47. The lowest BCUT2D eigenvalue weighted by atomic mass is 10.0. The second-order valence-corrected chi connectivity index (χ2v) is 7.48. The largest absolute Gasteiger partial charge is 0.361 e. The molecular formula is C18H12Cl2N2OS. The Hall–Kier alpha value is -1.69. The Kier molecular flexibility index (Phi) is 5.33. The standard InChI is InChI=1S/C18H12Cl2N2OS/c19-13-5-1-11(2-6-13)17-15(9-21)24-16(10-22)18(23-17)12-3-7-14(20)8-4-12/h1-8,15-18H/t15-,16-,17+,18+/m1/s1. The van der Waals surface area contributed by atoms with Crippen molar-refractivity contribution >= 4 is 35.0 Å². The Bertz CT molecular complexity index is 728. The molecule has 0 aliphatic carbocycles. The first-order valence-electron chi connectivity index (χ1n) is 7.23. The zero-order chi connectivity index (χ0) is 17.1. The number of thioether (sulfide) groups is 1. The second-order valence-electron chi connectivity index (χ2n) is 5.32. The van der Waals surface area contributed by atoms with Crippen LogP contribution in [-0.2, 0) is 4.74 Å². The fourth-order valence-electron chi connectivity index (χ4n) is 2.61. The summed E-state index contributed by atoms with van der Waals surface area (Å²) in [6, 6.07) is 19.0. The summed E-state index contributed by atoms with van der Waals surface area (Å²) in [5, 5.41) is 19.3. The van der Waals surface area contributed by atoms with Crippen molar-refractivity contribution in [2.75, 3.05) is 0 Å². The minimum atomic E-state index is -0.459. The lowest BCUT2D eigenvalue weighted by molar-refractivity contribution is -0.0126. The van der Waals surface area contributed by atoms with Gasteiger partial charge in [-0.1, -0.05) is 47.5 Å². The van der Waals surface area contributed by atoms with Crippen LogP contribution in [0.2, 0.25) is 10.0 Å². The molecule has 1 aliphatic rings. The zero-order valence-electron chi connectivity index (χ0n) is 12.4. The summed E-state index contributed by atoms with van der Waals surface area (Å²) < 4.78 is 6.19. The first kappa shape index (κ1) is 17.1. The van der Waals surface area contributed by atoms with Gasteiger partial charge in [0.2, 0.25) is 0 Å². The summed E-state index contributed by atoms with van der Waals surface area (Å²) in [6.07, 6.45) is -0.856. The minimum absolute atomic E-state index is 0.428. The van der Waals surface area contributed by atoms with Crippen LogP contribution in [0.4, 0.5) is 0 Å². The van der Waals surface area contributed by atoms with Gasteiger partial charge >= 0.3 is 0 Å². The van der Waals surface area contributed by atoms with E-state index < -0.39 is 22.7 Å². The van der Waals surface area contributed by atoms with E-state index in [1.165, 1.54) is 11.8 Å². The summed E-state index contributed by atoms with van der Waals surface area (Å²) in [5.74, 6) is 0. The Morgan fingerprint density at radius 3 is 1.46 bits per heavy atom. The van der Waals surface area contributed by atoms with E-state index in [4.69, 9.17) is 27.9 Å². The van der Waals surface area contributed by atoms with Gasteiger partial charge in [0.25, 0.3) is 0 Å². The topological polar surface area (TPSA) is 56.8 Å². The van der Waals surface area contributed by atoms with Gasteiger partial charge in [-0.2, -0.15) is 10.5 Å². The monoisotopic (exact) mass is 374 g/mol. The SMILES string of the molecule is N#C[C@H]1S[C@H](C#N)[C@H](c2ccc(Cl)cc2)O[C@H]1c1ccc(Cl)cc1. The van der Waals surface area contributed by atoms with Crippen molar-refractivity contribution in [3.05, 3.63) is 69.7 Å². The van der Waals surface area contributed by atoms with Gasteiger partial charge in [0, 0.05) is 10.0 Å². The van der Waals surface area contributed by atoms with Crippen LogP contribution in [0.1, 0.15) is 23.3 Å². The molecule has 1 fully saturated rings. The molecule has 6 heteroatoms. The van der Waals surface area contributed by atoms with Crippen LogP contribution in [0.5, 0.6) is 0 Å². The molecule has 3 nitrogen and oxygen atoms in total. The van der Waals surface area contributed by atoms with Crippen LogP contribution in [-0.4, -0.2) is 10.5 Å². The smallest absolute Gasteiger partial charge is 0.123 e. The number of benzene rings is 2. The van der Waals surface area contributed by atoms with Crippen molar-refractivity contribution in [1.29, 1.82) is 10.5 Å². The highest BCUT2D eigenvalue weighted by Gasteiger charge is 2.40. The molecule has 0 amide bonds. The minimum Gasteiger partial charge on any atom is -0.361 e. The van der Waals surface area contributed by atoms with Crippen LogP contribution in [0.25, 0.3) is 0 Å². The molecule has 0 radical (unpaired) electrons. The fraction of sp³-hybridized carbons (Fsp3) is 0.222. The maximum Gasteiger partial charge on any atom is 0.123 e. The molecule has 0 unspecified atom stereocenters. The molecule has 0 bridgehead atoms. The molecule has 120 valence electrons. The molecule has 2 aromatic carbocycles. The molecule has 4 atom stereocenters. The highest BCUT2D eigenvalue weighted by Crippen LogP contribution is 2.46. The fourth-order valence-corrected chi connectivity index (χ4v) is 4.03. The Morgan fingerprint density at radius 2 is 1.12 bits per heavy atom. The van der Waals surface area contributed by atoms with Gasteiger partial charge in [-0.25, -0.2) is 0 Å². The number of rotatable bonds is 2. The molecule has 1 saturated heterocycles. The van der Waals surface area contributed by atoms with Crippen molar-refractivity contribution < 1.29 is 4.74 Å². The molecule has 0 N–H and O–H groups in total. The van der Waals surface area contributed by atoms with Crippen LogP contribution in [0.3, 0.4) is 0 Å². The van der Waals surface area contributed by atoms with E-state index in [9.17, 15) is 10.5 Å². The predicted molar refractivity (Wildman–Crippen MR) is 95.9 cm³/mol. The summed E-state index contributed by atoms with van der Waals surface area (Å²) in [6.45, 7) is 0. The number of ether oxygens (including phenoxy) is 1. The molecule has 0 saturated carbocycles. The molecule has 2 aromatic rings. The normalized spacial score (nSPS) is 26.3. The van der Waals surface area contributed by atoms with Crippen LogP contribution in [0.15, 0.2) is 48.5 Å². The van der Waals surface area contributed by atoms with Crippen LogP contribution in [0, 0.1) is 22.7 Å². The number of nitriles is 2. The third-order valence-corrected chi connectivity index (χ3v) is 5.58. The van der Waals surface area contributed by atoms with Crippen molar-refractivity contribution in [2.24, 2.45) is 0 Å². The van der Waals surface area contributed by atoms with E-state index in [0.29, 0.717) is 10.0 Å². The molecule has 0 aromatic heterocycles. The highest BCUT2D eigenvalue weighted by molar-refractivity contribution is 8.01. The van der Waals surface area contributed by atoms with E-state index >= 15 is 0 Å². The number of hydrogen-bond donors (Lipinski definition) is 0. The molecule has 1 aliphatic heterocycles. The van der Waals surface area contributed by atoms with Gasteiger partial charge < -0.3 is 4.74 Å². The summed E-state index contributed by atoms with van der Waals surface area (Å²) in [7, 11) is 0. The van der Waals surface area contributed by atoms with E-state index in [1.807, 2.05) is 24.3 Å². The third kappa shape index (κ3) is 3.53. The van der Waals surface area contributed by atoms with Gasteiger partial charge in [0.15, 0.2) is 0 Å². The van der Waals surface area contributed by atoms with Gasteiger partial charge in [-0.3, -0.25) is 0 Å². The Labute approximate surface area is 154 Å². The number of halogens is 2. The maximum atomic E-state index is 9.48. The van der Waals surface area contributed by atoms with Crippen molar-refractivity contribution in [3.63, 3.8) is 0 Å². The quantitative estimate of drug-likeness (QED) is 0.713. The van der Waals surface area contributed by atoms with Gasteiger partial charge in [0.1, 0.15) is 22.7 Å². The van der Waals surface area contributed by atoms with Crippen molar-refractivity contribution in [1.82, 2.24) is 0 Å². The molecule has 0 spiro atoms. The van der Waals surface area contributed by atoms with Crippen LogP contribution >= 0.6 is 35.0 Å². The van der Waals surface area contributed by atoms with Crippen molar-refractivity contribution in [2.45, 2.75) is 22.7 Å². The Morgan fingerprint density at radius 1 is 0.750 bits per heavy atom. The zero-order valence-corrected chi connectivity index (χ0v) is 14.7. The number of hydrogen-bond acceptors (Lipinski definition) is 4. The molecule has 24 heavy (non-hydrogen) atoms. The lowest BCUT2D eigenvalue weighted by Crippen LogP contribution is -2.32. The van der Waals surface area contributed by atoms with E-state index in [-0.39, 0.29) is 0 Å². The average Bonchev–Trinajstić information content (AvgIpc) is 2.62. The first-order chi connectivity index (χ1) is 11.6. The molecule has 3 rings (SSSR count). The van der Waals surface area contributed by atoms with E-state index in [2.05, 4.69) is 12.1 Å². The molecule has 1 heterocycles. The van der Waals surface area contributed by atoms with Gasteiger partial charge in [-0.05, 0) is 35.4 Å². The first-order valence-corrected chi connectivity index (χ1v) is 8.93. The lowest BCUT2D eigenvalue weighted by Gasteiger charge is -2.36. The summed E-state index contributed by atoms with van der Waals surface area (Å²) in [4.78, 5) is 0. The summed E-state index contributed by atoms with van der Waals surface area (Å²) >= 11 is 13.2. The molecular weight excluding hydrogens is 363 g/mol. The maximum absolute atomic E-state index is 9.48. The number of nitrogens with zero attached hydrogens (tertiary/aromatic N) is 2. The van der Waals surface area contributed by atoms with E-state index in [1.54, 1.807) is 24.3 Å². The third-order valence-electron chi connectivity index (χ3n) is 3.79. The van der Waals surface area contributed by atoms with Gasteiger partial charge in [-0.15, -0.1) is 11.8 Å². The van der Waals surface area contributed by atoms with E-state index in [0.717, 1.165) is 11.1 Å². The average molecular weight is 375 g/mol. The van der Waals surface area contributed by atoms with Crippen LogP contribution < -0.4 is 0 Å². The highest BCUT2D eigenvalue weighted by atomic mass is 35.5.